The molecule has 2 amide bonds. The Morgan fingerprint density at radius 1 is 1.07 bits per heavy atom. The van der Waals surface area contributed by atoms with Gasteiger partial charge in [-0.25, -0.2) is 4.79 Å². The lowest BCUT2D eigenvalue weighted by molar-refractivity contribution is -0.121. The summed E-state index contributed by atoms with van der Waals surface area (Å²) in [6.45, 7) is 4.49. The molecule has 1 fully saturated rings. The van der Waals surface area contributed by atoms with Crippen LogP contribution in [-0.4, -0.2) is 48.5 Å². The van der Waals surface area contributed by atoms with E-state index in [-0.39, 0.29) is 36.0 Å². The molecule has 0 spiro atoms. The fraction of sp³-hybridized carbons (Fsp3) is 0.364. The van der Waals surface area contributed by atoms with Gasteiger partial charge in [0.15, 0.2) is 6.61 Å². The zero-order valence-electron chi connectivity index (χ0n) is 17.3. The predicted molar refractivity (Wildman–Crippen MR) is 109 cm³/mol. The van der Waals surface area contributed by atoms with Gasteiger partial charge in [-0.2, -0.15) is 0 Å². The Hall–Kier alpha value is -3.26. The fourth-order valence-corrected chi connectivity index (χ4v) is 3.54. The molecule has 3 rings (SSSR count). The van der Waals surface area contributed by atoms with E-state index in [0.29, 0.717) is 24.4 Å². The summed E-state index contributed by atoms with van der Waals surface area (Å²) in [6.07, 6.45) is 0.315. The first kappa shape index (κ1) is 21.4. The van der Waals surface area contributed by atoms with Crippen LogP contribution < -0.4 is 4.90 Å². The van der Waals surface area contributed by atoms with Crippen molar-refractivity contribution in [3.8, 4) is 0 Å². The van der Waals surface area contributed by atoms with Crippen LogP contribution in [0.3, 0.4) is 0 Å². The minimum Gasteiger partial charge on any atom is -0.454 e. The van der Waals surface area contributed by atoms with E-state index in [1.165, 1.54) is 12.1 Å². The smallest absolute Gasteiger partial charge is 0.338 e. The highest BCUT2D eigenvalue weighted by Gasteiger charge is 2.30. The van der Waals surface area contributed by atoms with E-state index >= 15 is 0 Å². The molecule has 0 unspecified atom stereocenters. The molecule has 1 aromatic heterocycles. The summed E-state index contributed by atoms with van der Waals surface area (Å²) in [5, 5.41) is 0. The van der Waals surface area contributed by atoms with E-state index in [2.05, 4.69) is 0 Å². The lowest BCUT2D eigenvalue weighted by Crippen LogP contribution is -2.28. The molecule has 1 saturated heterocycles. The fourth-order valence-electron chi connectivity index (χ4n) is 3.54. The Balaban J connectivity index is 1.68. The number of aromatic nitrogens is 1. The number of ether oxygens (including phenoxy) is 2. The highest BCUT2D eigenvalue weighted by molar-refractivity contribution is 6.20. The van der Waals surface area contributed by atoms with Crippen molar-refractivity contribution in [2.45, 2.75) is 33.2 Å². The van der Waals surface area contributed by atoms with Gasteiger partial charge in [0.25, 0.3) is 0 Å². The van der Waals surface area contributed by atoms with Gasteiger partial charge in [0.05, 0.1) is 17.9 Å². The zero-order valence-corrected chi connectivity index (χ0v) is 17.3. The minimum absolute atomic E-state index is 0.158. The van der Waals surface area contributed by atoms with Crippen molar-refractivity contribution >= 4 is 29.3 Å². The van der Waals surface area contributed by atoms with Gasteiger partial charge >= 0.3 is 5.97 Å². The Bertz CT molecular complexity index is 991. The molecule has 0 bridgehead atoms. The number of rotatable bonds is 8. The molecule has 0 aliphatic carbocycles. The van der Waals surface area contributed by atoms with Crippen LogP contribution in [0.25, 0.3) is 0 Å². The summed E-state index contributed by atoms with van der Waals surface area (Å²) in [5.74, 6) is -1.60. The molecule has 0 saturated carbocycles. The Morgan fingerprint density at radius 2 is 1.77 bits per heavy atom. The number of benzene rings is 1. The third-order valence-corrected chi connectivity index (χ3v) is 5.12. The van der Waals surface area contributed by atoms with Gasteiger partial charge in [-0.15, -0.1) is 0 Å². The first-order valence-electron chi connectivity index (χ1n) is 9.65. The van der Waals surface area contributed by atoms with E-state index < -0.39 is 12.6 Å². The van der Waals surface area contributed by atoms with Crippen LogP contribution in [0.2, 0.25) is 0 Å². The third kappa shape index (κ3) is 4.33. The monoisotopic (exact) mass is 412 g/mol. The number of carbonyl (C=O) groups excluding carboxylic acids is 4. The summed E-state index contributed by atoms with van der Waals surface area (Å²) < 4.78 is 12.3. The maximum atomic E-state index is 12.6. The van der Waals surface area contributed by atoms with Gasteiger partial charge in [0, 0.05) is 43.4 Å². The van der Waals surface area contributed by atoms with Crippen LogP contribution in [0.4, 0.5) is 5.69 Å². The van der Waals surface area contributed by atoms with E-state index in [0.717, 1.165) is 16.3 Å². The normalized spacial score (nSPS) is 13.8. The molecule has 30 heavy (non-hydrogen) atoms. The molecule has 1 aromatic carbocycles. The van der Waals surface area contributed by atoms with Gasteiger partial charge < -0.3 is 14.0 Å². The average Bonchev–Trinajstić information content (AvgIpc) is 3.22. The van der Waals surface area contributed by atoms with Crippen LogP contribution in [0.1, 0.15) is 44.9 Å². The molecule has 2 aromatic rings. The second-order valence-electron chi connectivity index (χ2n) is 7.10. The molecule has 0 radical (unpaired) electrons. The van der Waals surface area contributed by atoms with Crippen molar-refractivity contribution in [3.05, 3.63) is 52.8 Å². The molecular weight excluding hydrogens is 388 g/mol. The predicted octanol–water partition coefficient (Wildman–Crippen LogP) is 2.44. The summed E-state index contributed by atoms with van der Waals surface area (Å²) in [4.78, 5) is 49.9. The van der Waals surface area contributed by atoms with Gasteiger partial charge in [0.2, 0.25) is 17.6 Å². The standard InChI is InChI=1S/C22H24N2O6/c1-14-11-18(15(2)23(14)9-10-29-3)19(25)13-30-22(28)16-5-4-6-17(12-16)24-20(26)7-8-21(24)27/h4-6,11-12H,7-10,13H2,1-3H3. The van der Waals surface area contributed by atoms with Crippen LogP contribution in [0.15, 0.2) is 30.3 Å². The number of methoxy groups -OCH3 is 1. The largest absolute Gasteiger partial charge is 0.454 e. The lowest BCUT2D eigenvalue weighted by Gasteiger charge is -2.14. The number of esters is 1. The topological polar surface area (TPSA) is 94.9 Å². The van der Waals surface area contributed by atoms with Crippen LogP contribution >= 0.6 is 0 Å². The number of carbonyl (C=O) groups is 4. The van der Waals surface area contributed by atoms with E-state index in [4.69, 9.17) is 9.47 Å². The summed E-state index contributed by atoms with van der Waals surface area (Å²) in [6, 6.07) is 7.85. The minimum atomic E-state index is -0.697. The maximum absolute atomic E-state index is 12.6. The van der Waals surface area contributed by atoms with Crippen molar-refractivity contribution in [2.75, 3.05) is 25.2 Å². The van der Waals surface area contributed by atoms with Crippen molar-refractivity contribution in [1.29, 1.82) is 0 Å². The second kappa shape index (κ2) is 9.04. The Labute approximate surface area is 174 Å². The first-order valence-corrected chi connectivity index (χ1v) is 9.65. The Morgan fingerprint density at radius 3 is 2.43 bits per heavy atom. The lowest BCUT2D eigenvalue weighted by atomic mass is 10.1. The summed E-state index contributed by atoms with van der Waals surface area (Å²) in [7, 11) is 1.62. The summed E-state index contributed by atoms with van der Waals surface area (Å²) >= 11 is 0. The Kier molecular flexibility index (Phi) is 6.47. The van der Waals surface area contributed by atoms with Gasteiger partial charge in [0.1, 0.15) is 0 Å². The molecule has 8 nitrogen and oxygen atoms in total. The number of Topliss-reactive ketones (excluding diaryl/α,β-unsaturated/α-hetero) is 1. The molecule has 0 N–H and O–H groups in total. The number of aryl methyl sites for hydroxylation is 1. The van der Waals surface area contributed by atoms with E-state index in [1.54, 1.807) is 25.3 Å². The highest BCUT2D eigenvalue weighted by Crippen LogP contribution is 2.24. The molecule has 2 heterocycles. The molecular formula is C22H24N2O6. The molecule has 1 aliphatic heterocycles. The highest BCUT2D eigenvalue weighted by atomic mass is 16.5. The van der Waals surface area contributed by atoms with Crippen LogP contribution in [0.5, 0.6) is 0 Å². The number of nitrogens with zero attached hydrogens (tertiary/aromatic N) is 2. The van der Waals surface area contributed by atoms with Crippen molar-refractivity contribution in [2.24, 2.45) is 0 Å². The number of hydrogen-bond donors (Lipinski definition) is 0. The van der Waals surface area contributed by atoms with Crippen LogP contribution in [-0.2, 0) is 25.6 Å². The number of amides is 2. The second-order valence-corrected chi connectivity index (χ2v) is 7.10. The molecule has 1 aliphatic rings. The number of anilines is 1. The van der Waals surface area contributed by atoms with Gasteiger partial charge in [-0.05, 0) is 38.1 Å². The van der Waals surface area contributed by atoms with E-state index in [1.807, 2.05) is 18.4 Å². The van der Waals surface area contributed by atoms with E-state index in [9.17, 15) is 19.2 Å². The molecule has 8 heteroatoms. The van der Waals surface area contributed by atoms with Gasteiger partial charge in [-0.1, -0.05) is 6.07 Å². The number of ketones is 1. The maximum Gasteiger partial charge on any atom is 0.338 e. The van der Waals surface area contributed by atoms with Crippen molar-refractivity contribution in [1.82, 2.24) is 4.57 Å². The van der Waals surface area contributed by atoms with Crippen molar-refractivity contribution < 1.29 is 28.7 Å². The third-order valence-electron chi connectivity index (χ3n) is 5.12. The zero-order chi connectivity index (χ0) is 21.8. The quantitative estimate of drug-likeness (QED) is 0.376. The van der Waals surface area contributed by atoms with Crippen LogP contribution in [0, 0.1) is 13.8 Å². The first-order chi connectivity index (χ1) is 14.3. The van der Waals surface area contributed by atoms with Crippen molar-refractivity contribution in [3.63, 3.8) is 0 Å². The number of imide groups is 1. The number of hydrogen-bond acceptors (Lipinski definition) is 6. The molecule has 158 valence electrons. The molecule has 0 atom stereocenters. The average molecular weight is 412 g/mol. The summed E-state index contributed by atoms with van der Waals surface area (Å²) in [5.41, 5.74) is 2.70. The SMILES string of the molecule is COCCn1c(C)cc(C(=O)COC(=O)c2cccc(N3C(=O)CCC3=O)c2)c1C. The van der Waals surface area contributed by atoms with Gasteiger partial charge in [-0.3, -0.25) is 19.3 Å².